The summed E-state index contributed by atoms with van der Waals surface area (Å²) in [6, 6.07) is 5.86. The number of carbonyl (C=O) groups excluding carboxylic acids is 1. The van der Waals surface area contributed by atoms with Crippen molar-refractivity contribution in [2.45, 2.75) is 26.3 Å². The number of hydrogen-bond donors (Lipinski definition) is 1. The molecule has 1 heterocycles. The summed E-state index contributed by atoms with van der Waals surface area (Å²) >= 11 is 0. The summed E-state index contributed by atoms with van der Waals surface area (Å²) in [5, 5.41) is 3.21. The third-order valence-electron chi connectivity index (χ3n) is 3.28. The lowest BCUT2D eigenvalue weighted by Crippen LogP contribution is -2.38. The Kier molecular flexibility index (Phi) is 3.87. The molecule has 0 bridgehead atoms. The number of methoxy groups -OCH3 is 1. The molecule has 0 saturated carbocycles. The highest BCUT2D eigenvalue weighted by Gasteiger charge is 2.33. The van der Waals surface area contributed by atoms with Crippen LogP contribution in [0.4, 0.5) is 5.69 Å². The van der Waals surface area contributed by atoms with Crippen molar-refractivity contribution in [3.63, 3.8) is 0 Å². The number of hydrogen-bond acceptors (Lipinski definition) is 3. The molecule has 1 aromatic carbocycles. The summed E-state index contributed by atoms with van der Waals surface area (Å²) in [5.41, 5.74) is 2.01. The minimum Gasteiger partial charge on any atom is -0.495 e. The highest BCUT2D eigenvalue weighted by molar-refractivity contribution is 6.00. The lowest BCUT2D eigenvalue weighted by atomic mass is 10.2. The lowest BCUT2D eigenvalue weighted by molar-refractivity contribution is -0.118. The first-order valence-electron chi connectivity index (χ1n) is 6.36. The average molecular weight is 248 g/mol. The summed E-state index contributed by atoms with van der Waals surface area (Å²) in [6.45, 7) is 5.60. The SMILES string of the molecule is CCNC1CCN(c2cc(C)ccc2OC)C1=O. The maximum Gasteiger partial charge on any atom is 0.244 e. The fourth-order valence-corrected chi connectivity index (χ4v) is 2.37. The third-order valence-corrected chi connectivity index (χ3v) is 3.28. The van der Waals surface area contributed by atoms with Gasteiger partial charge in [0.1, 0.15) is 5.75 Å². The first-order valence-corrected chi connectivity index (χ1v) is 6.36. The van der Waals surface area contributed by atoms with E-state index in [1.165, 1.54) is 0 Å². The number of nitrogens with zero attached hydrogens (tertiary/aromatic N) is 1. The standard InChI is InChI=1S/C14H20N2O2/c1-4-15-11-7-8-16(14(11)17)12-9-10(2)5-6-13(12)18-3/h5-6,9,11,15H,4,7-8H2,1-3H3. The number of anilines is 1. The number of nitrogens with one attached hydrogen (secondary N) is 1. The normalized spacial score (nSPS) is 19.4. The van der Waals surface area contributed by atoms with Crippen molar-refractivity contribution >= 4 is 11.6 Å². The quantitative estimate of drug-likeness (QED) is 0.882. The fraction of sp³-hybridized carbons (Fsp3) is 0.500. The van der Waals surface area contributed by atoms with Gasteiger partial charge >= 0.3 is 0 Å². The van der Waals surface area contributed by atoms with E-state index in [1.54, 1.807) is 7.11 Å². The van der Waals surface area contributed by atoms with Crippen LogP contribution >= 0.6 is 0 Å². The van der Waals surface area contributed by atoms with Gasteiger partial charge in [0.05, 0.1) is 18.8 Å². The second kappa shape index (κ2) is 5.40. The molecule has 1 aliphatic heterocycles. The van der Waals surface area contributed by atoms with E-state index in [-0.39, 0.29) is 11.9 Å². The minimum atomic E-state index is -0.0554. The smallest absolute Gasteiger partial charge is 0.244 e. The van der Waals surface area contributed by atoms with Crippen LogP contribution in [0.2, 0.25) is 0 Å². The van der Waals surface area contributed by atoms with Crippen LogP contribution in [0.1, 0.15) is 18.9 Å². The number of likely N-dealkylation sites (N-methyl/N-ethyl adjacent to an activating group) is 1. The van der Waals surface area contributed by atoms with Crippen molar-refractivity contribution in [3.05, 3.63) is 23.8 Å². The Hall–Kier alpha value is -1.55. The van der Waals surface area contributed by atoms with Gasteiger partial charge in [-0.3, -0.25) is 4.79 Å². The van der Waals surface area contributed by atoms with E-state index in [0.29, 0.717) is 0 Å². The van der Waals surface area contributed by atoms with Crippen LogP contribution in [0.25, 0.3) is 0 Å². The van der Waals surface area contributed by atoms with Crippen molar-refractivity contribution in [1.29, 1.82) is 0 Å². The second-order valence-electron chi connectivity index (χ2n) is 4.56. The van der Waals surface area contributed by atoms with Crippen LogP contribution in [-0.4, -0.2) is 32.1 Å². The van der Waals surface area contributed by atoms with E-state index in [1.807, 2.05) is 36.9 Å². The molecule has 1 aromatic rings. The zero-order valence-electron chi connectivity index (χ0n) is 11.2. The molecule has 1 aliphatic rings. The lowest BCUT2D eigenvalue weighted by Gasteiger charge is -2.20. The maximum atomic E-state index is 12.3. The summed E-state index contributed by atoms with van der Waals surface area (Å²) < 4.78 is 5.34. The molecule has 4 nitrogen and oxygen atoms in total. The van der Waals surface area contributed by atoms with Crippen molar-refractivity contribution in [3.8, 4) is 5.75 Å². The summed E-state index contributed by atoms with van der Waals surface area (Å²) in [4.78, 5) is 14.1. The van der Waals surface area contributed by atoms with Crippen molar-refractivity contribution in [2.24, 2.45) is 0 Å². The fourth-order valence-electron chi connectivity index (χ4n) is 2.37. The van der Waals surface area contributed by atoms with Crippen LogP contribution in [0.3, 0.4) is 0 Å². The second-order valence-corrected chi connectivity index (χ2v) is 4.56. The highest BCUT2D eigenvalue weighted by Crippen LogP contribution is 2.32. The Morgan fingerprint density at radius 3 is 2.94 bits per heavy atom. The van der Waals surface area contributed by atoms with Crippen LogP contribution in [-0.2, 0) is 4.79 Å². The molecule has 1 fully saturated rings. The maximum absolute atomic E-state index is 12.3. The van der Waals surface area contributed by atoms with E-state index in [9.17, 15) is 4.79 Å². The minimum absolute atomic E-state index is 0.0554. The molecule has 1 unspecified atom stereocenters. The zero-order valence-corrected chi connectivity index (χ0v) is 11.2. The largest absolute Gasteiger partial charge is 0.495 e. The number of ether oxygens (including phenoxy) is 1. The number of rotatable bonds is 4. The van der Waals surface area contributed by atoms with Crippen LogP contribution < -0.4 is 15.0 Å². The molecular formula is C14H20N2O2. The Morgan fingerprint density at radius 2 is 2.28 bits per heavy atom. The van der Waals surface area contributed by atoms with E-state index < -0.39 is 0 Å². The summed E-state index contributed by atoms with van der Waals surface area (Å²) in [5.74, 6) is 0.895. The summed E-state index contributed by atoms with van der Waals surface area (Å²) in [7, 11) is 1.64. The van der Waals surface area contributed by atoms with Crippen molar-refractivity contribution in [2.75, 3.05) is 25.1 Å². The van der Waals surface area contributed by atoms with E-state index in [4.69, 9.17) is 4.74 Å². The monoisotopic (exact) mass is 248 g/mol. The predicted molar refractivity (Wildman–Crippen MR) is 72.2 cm³/mol. The molecule has 4 heteroatoms. The molecule has 1 saturated heterocycles. The van der Waals surface area contributed by atoms with Gasteiger partial charge in [0.2, 0.25) is 5.91 Å². The molecule has 1 atom stereocenters. The molecule has 18 heavy (non-hydrogen) atoms. The Labute approximate surface area is 108 Å². The Bertz CT molecular complexity index is 445. The number of amides is 1. The molecule has 1 amide bonds. The van der Waals surface area contributed by atoms with Crippen LogP contribution in [0.15, 0.2) is 18.2 Å². The molecule has 2 rings (SSSR count). The van der Waals surface area contributed by atoms with E-state index in [2.05, 4.69) is 5.32 Å². The predicted octanol–water partition coefficient (Wildman–Crippen LogP) is 1.72. The van der Waals surface area contributed by atoms with Crippen molar-refractivity contribution in [1.82, 2.24) is 5.32 Å². The Balaban J connectivity index is 2.27. The van der Waals surface area contributed by atoms with Gasteiger partial charge < -0.3 is 15.0 Å². The van der Waals surface area contributed by atoms with Gasteiger partial charge in [-0.1, -0.05) is 13.0 Å². The average Bonchev–Trinajstić information content (AvgIpc) is 2.72. The first kappa shape index (κ1) is 12.9. The van der Waals surface area contributed by atoms with Crippen LogP contribution in [0.5, 0.6) is 5.75 Å². The number of carbonyl (C=O) groups is 1. The number of benzene rings is 1. The molecule has 98 valence electrons. The van der Waals surface area contributed by atoms with Gasteiger partial charge in [-0.15, -0.1) is 0 Å². The molecule has 0 aromatic heterocycles. The van der Waals surface area contributed by atoms with Gasteiger partial charge in [0, 0.05) is 6.54 Å². The van der Waals surface area contributed by atoms with E-state index >= 15 is 0 Å². The molecular weight excluding hydrogens is 228 g/mol. The van der Waals surface area contributed by atoms with Gasteiger partial charge in [-0.2, -0.15) is 0 Å². The number of aryl methyl sites for hydroxylation is 1. The van der Waals surface area contributed by atoms with Gasteiger partial charge in [0.25, 0.3) is 0 Å². The third kappa shape index (κ3) is 2.34. The van der Waals surface area contributed by atoms with Gasteiger partial charge in [-0.05, 0) is 37.6 Å². The highest BCUT2D eigenvalue weighted by atomic mass is 16.5. The molecule has 0 aliphatic carbocycles. The summed E-state index contributed by atoms with van der Waals surface area (Å²) in [6.07, 6.45) is 0.851. The first-order chi connectivity index (χ1) is 8.67. The molecule has 0 spiro atoms. The topological polar surface area (TPSA) is 41.6 Å². The van der Waals surface area contributed by atoms with Crippen molar-refractivity contribution < 1.29 is 9.53 Å². The van der Waals surface area contributed by atoms with E-state index in [0.717, 1.165) is 36.5 Å². The molecule has 0 radical (unpaired) electrons. The van der Waals surface area contributed by atoms with Crippen LogP contribution in [0, 0.1) is 6.92 Å². The molecule has 1 N–H and O–H groups in total. The Morgan fingerprint density at radius 1 is 1.50 bits per heavy atom. The van der Waals surface area contributed by atoms with Gasteiger partial charge in [0.15, 0.2) is 0 Å². The zero-order chi connectivity index (χ0) is 13.1. The van der Waals surface area contributed by atoms with Gasteiger partial charge in [-0.25, -0.2) is 0 Å².